The van der Waals surface area contributed by atoms with E-state index in [2.05, 4.69) is 5.32 Å². The Morgan fingerprint density at radius 1 is 1.28 bits per heavy atom. The fraction of sp³-hybridized carbons (Fsp3) is 0.538. The van der Waals surface area contributed by atoms with E-state index in [9.17, 15) is 10.1 Å². The predicted molar refractivity (Wildman–Crippen MR) is 71.0 cm³/mol. The number of para-hydroxylation sites is 1. The lowest BCUT2D eigenvalue weighted by Crippen LogP contribution is -2.24. The molecule has 0 heterocycles. The van der Waals surface area contributed by atoms with Gasteiger partial charge in [-0.1, -0.05) is 17.7 Å². The Morgan fingerprint density at radius 3 is 2.39 bits per heavy atom. The van der Waals surface area contributed by atoms with Crippen molar-refractivity contribution in [3.8, 4) is 0 Å². The van der Waals surface area contributed by atoms with Crippen LogP contribution >= 0.6 is 11.6 Å². The third kappa shape index (κ3) is 2.29. The molecule has 2 saturated carbocycles. The van der Waals surface area contributed by atoms with Gasteiger partial charge in [0.15, 0.2) is 0 Å². The molecule has 1 N–H and O–H groups in total. The van der Waals surface area contributed by atoms with Gasteiger partial charge in [-0.2, -0.15) is 0 Å². The fourth-order valence-electron chi connectivity index (χ4n) is 2.53. The summed E-state index contributed by atoms with van der Waals surface area (Å²) in [4.78, 5) is 10.7. The van der Waals surface area contributed by atoms with Crippen molar-refractivity contribution in [1.29, 1.82) is 0 Å². The van der Waals surface area contributed by atoms with Gasteiger partial charge in [0.25, 0.3) is 0 Å². The molecule has 0 aliphatic heterocycles. The van der Waals surface area contributed by atoms with E-state index in [0.717, 1.165) is 0 Å². The zero-order chi connectivity index (χ0) is 12.7. The summed E-state index contributed by atoms with van der Waals surface area (Å²) in [5.41, 5.74) is 0.571. The van der Waals surface area contributed by atoms with Crippen LogP contribution < -0.4 is 5.32 Å². The van der Waals surface area contributed by atoms with Gasteiger partial charge in [0.05, 0.1) is 4.92 Å². The Kier molecular flexibility index (Phi) is 2.90. The molecular weight excluding hydrogens is 252 g/mol. The highest BCUT2D eigenvalue weighted by atomic mass is 35.5. The highest BCUT2D eigenvalue weighted by Gasteiger charge is 2.42. The second kappa shape index (κ2) is 4.43. The van der Waals surface area contributed by atoms with E-state index in [4.69, 9.17) is 11.6 Å². The van der Waals surface area contributed by atoms with Crippen LogP contribution in [0.1, 0.15) is 25.7 Å². The Labute approximate surface area is 110 Å². The summed E-state index contributed by atoms with van der Waals surface area (Å²) in [5.74, 6) is 1.38. The average Bonchev–Trinajstić information content (AvgIpc) is 3.17. The molecule has 0 aromatic heterocycles. The van der Waals surface area contributed by atoms with Crippen LogP contribution in [0.5, 0.6) is 0 Å². The van der Waals surface area contributed by atoms with Gasteiger partial charge < -0.3 is 5.32 Å². The highest BCUT2D eigenvalue weighted by Crippen LogP contribution is 2.47. The Morgan fingerprint density at radius 2 is 1.89 bits per heavy atom. The van der Waals surface area contributed by atoms with Crippen LogP contribution in [0.2, 0.25) is 5.02 Å². The number of nitro benzene ring substituents is 1. The molecule has 0 spiro atoms. The number of nitro groups is 1. The van der Waals surface area contributed by atoms with E-state index in [1.165, 1.54) is 25.7 Å². The van der Waals surface area contributed by atoms with E-state index in [1.54, 1.807) is 18.2 Å². The first-order valence-electron chi connectivity index (χ1n) is 6.36. The van der Waals surface area contributed by atoms with Crippen LogP contribution in [0.3, 0.4) is 0 Å². The van der Waals surface area contributed by atoms with Gasteiger partial charge in [-0.15, -0.1) is 0 Å². The van der Waals surface area contributed by atoms with Crippen LogP contribution in [0.4, 0.5) is 11.4 Å². The Bertz CT molecular complexity index is 472. The van der Waals surface area contributed by atoms with Crippen LogP contribution in [-0.2, 0) is 0 Å². The molecule has 96 valence electrons. The van der Waals surface area contributed by atoms with Gasteiger partial charge in [0.1, 0.15) is 10.7 Å². The molecule has 1 aromatic rings. The number of nitrogens with one attached hydrogen (secondary N) is 1. The predicted octanol–water partition coefficient (Wildman–Crippen LogP) is 3.85. The Hall–Kier alpha value is -1.29. The average molecular weight is 267 g/mol. The van der Waals surface area contributed by atoms with Crippen LogP contribution in [0.15, 0.2) is 18.2 Å². The van der Waals surface area contributed by atoms with E-state index >= 15 is 0 Å². The lowest BCUT2D eigenvalue weighted by atomic mass is 10.1. The first kappa shape index (κ1) is 11.8. The van der Waals surface area contributed by atoms with Gasteiger partial charge >= 0.3 is 5.69 Å². The van der Waals surface area contributed by atoms with Crippen LogP contribution in [0, 0.1) is 22.0 Å². The topological polar surface area (TPSA) is 55.2 Å². The van der Waals surface area contributed by atoms with Gasteiger partial charge in [-0.05, 0) is 49.7 Å². The summed E-state index contributed by atoms with van der Waals surface area (Å²) in [6.07, 6.45) is 4.95. The molecule has 3 rings (SSSR count). The molecule has 1 aromatic carbocycles. The van der Waals surface area contributed by atoms with Gasteiger partial charge in [0, 0.05) is 6.04 Å². The minimum atomic E-state index is -0.401. The molecule has 2 aliphatic rings. The van der Waals surface area contributed by atoms with Gasteiger partial charge in [-0.3, -0.25) is 10.1 Å². The maximum absolute atomic E-state index is 11.1. The van der Waals surface area contributed by atoms with Gasteiger partial charge in [-0.25, -0.2) is 0 Å². The number of hydrogen-bond acceptors (Lipinski definition) is 3. The zero-order valence-electron chi connectivity index (χ0n) is 9.93. The highest BCUT2D eigenvalue weighted by molar-refractivity contribution is 6.33. The number of rotatable bonds is 5. The summed E-state index contributed by atoms with van der Waals surface area (Å²) >= 11 is 5.92. The lowest BCUT2D eigenvalue weighted by Gasteiger charge is -2.19. The molecule has 2 fully saturated rings. The minimum absolute atomic E-state index is 0.00506. The molecule has 0 atom stereocenters. The van der Waals surface area contributed by atoms with Crippen molar-refractivity contribution in [3.63, 3.8) is 0 Å². The molecule has 18 heavy (non-hydrogen) atoms. The second-order valence-electron chi connectivity index (χ2n) is 5.24. The molecule has 0 radical (unpaired) electrons. The quantitative estimate of drug-likeness (QED) is 0.651. The normalized spacial score (nSPS) is 19.0. The molecule has 0 unspecified atom stereocenters. The SMILES string of the molecule is O=[N+]([O-])c1c(Cl)cccc1NC(C1CC1)C1CC1. The zero-order valence-corrected chi connectivity index (χ0v) is 10.7. The molecule has 0 saturated heterocycles. The van der Waals surface area contributed by atoms with Crippen molar-refractivity contribution in [1.82, 2.24) is 0 Å². The lowest BCUT2D eigenvalue weighted by molar-refractivity contribution is -0.383. The molecule has 0 bridgehead atoms. The van der Waals surface area contributed by atoms with E-state index in [-0.39, 0.29) is 10.7 Å². The molecular formula is C13H15ClN2O2. The van der Waals surface area contributed by atoms with Crippen molar-refractivity contribution in [2.75, 3.05) is 5.32 Å². The first-order chi connectivity index (χ1) is 8.66. The Balaban J connectivity index is 1.86. The van der Waals surface area contributed by atoms with Gasteiger partial charge in [0.2, 0.25) is 0 Å². The van der Waals surface area contributed by atoms with Crippen molar-refractivity contribution in [2.24, 2.45) is 11.8 Å². The summed E-state index contributed by atoms with van der Waals surface area (Å²) in [7, 11) is 0. The monoisotopic (exact) mass is 266 g/mol. The summed E-state index contributed by atoms with van der Waals surface area (Å²) in [6.45, 7) is 0. The fourth-order valence-corrected chi connectivity index (χ4v) is 2.77. The molecule has 4 nitrogen and oxygen atoms in total. The third-order valence-electron chi connectivity index (χ3n) is 3.75. The minimum Gasteiger partial charge on any atom is -0.376 e. The van der Waals surface area contributed by atoms with Crippen molar-refractivity contribution in [3.05, 3.63) is 33.3 Å². The summed E-state index contributed by atoms with van der Waals surface area (Å²) < 4.78 is 0. The standard InChI is InChI=1S/C13H15ClN2O2/c14-10-2-1-3-11(13(10)16(17)18)15-12(8-4-5-8)9-6-7-9/h1-3,8-9,12,15H,4-7H2. The summed E-state index contributed by atoms with van der Waals surface area (Å²) in [6, 6.07) is 5.46. The third-order valence-corrected chi connectivity index (χ3v) is 4.06. The second-order valence-corrected chi connectivity index (χ2v) is 5.65. The summed E-state index contributed by atoms with van der Waals surface area (Å²) in [5, 5.41) is 14.6. The number of benzene rings is 1. The smallest absolute Gasteiger partial charge is 0.310 e. The van der Waals surface area contributed by atoms with Crippen LogP contribution in [-0.4, -0.2) is 11.0 Å². The molecule has 0 amide bonds. The first-order valence-corrected chi connectivity index (χ1v) is 6.74. The largest absolute Gasteiger partial charge is 0.376 e. The number of halogens is 1. The molecule has 2 aliphatic carbocycles. The van der Waals surface area contributed by atoms with Crippen molar-refractivity contribution < 1.29 is 4.92 Å². The van der Waals surface area contributed by atoms with Crippen LogP contribution in [0.25, 0.3) is 0 Å². The van der Waals surface area contributed by atoms with Crippen molar-refractivity contribution in [2.45, 2.75) is 31.7 Å². The van der Waals surface area contributed by atoms with E-state index in [1.807, 2.05) is 0 Å². The number of anilines is 1. The maximum Gasteiger partial charge on any atom is 0.310 e. The maximum atomic E-state index is 11.1. The van der Waals surface area contributed by atoms with E-state index in [0.29, 0.717) is 23.6 Å². The van der Waals surface area contributed by atoms with Crippen molar-refractivity contribution >= 4 is 23.0 Å². The number of hydrogen-bond donors (Lipinski definition) is 1. The van der Waals surface area contributed by atoms with E-state index < -0.39 is 4.92 Å². The number of nitrogens with zero attached hydrogens (tertiary/aromatic N) is 1. The molecule has 5 heteroatoms.